The van der Waals surface area contributed by atoms with E-state index >= 15 is 0 Å². The predicted molar refractivity (Wildman–Crippen MR) is 102 cm³/mol. The Morgan fingerprint density at radius 2 is 1.67 bits per heavy atom. The van der Waals surface area contributed by atoms with Crippen molar-refractivity contribution >= 4 is 17.8 Å². The molecule has 2 amide bonds. The van der Waals surface area contributed by atoms with E-state index in [4.69, 9.17) is 5.11 Å². The molecular weight excluding hydrogens is 348 g/mol. The topological polar surface area (TPSA) is 102 Å². The van der Waals surface area contributed by atoms with Crippen LogP contribution in [-0.4, -0.2) is 78.5 Å². The van der Waals surface area contributed by atoms with E-state index in [1.165, 1.54) is 0 Å². The Kier molecular flexibility index (Phi) is 7.75. The first-order valence-corrected chi connectivity index (χ1v) is 9.11. The molecule has 0 aliphatic carbocycles. The van der Waals surface area contributed by atoms with Crippen LogP contribution in [0.15, 0.2) is 24.3 Å². The van der Waals surface area contributed by atoms with E-state index in [0.29, 0.717) is 39.1 Å². The summed E-state index contributed by atoms with van der Waals surface area (Å²) in [6.45, 7) is 4.19. The highest BCUT2D eigenvalue weighted by molar-refractivity contribution is 5.81. The second-order valence-electron chi connectivity index (χ2n) is 6.79. The van der Waals surface area contributed by atoms with Crippen molar-refractivity contribution in [2.45, 2.75) is 25.9 Å². The van der Waals surface area contributed by atoms with Gasteiger partial charge in [-0.05, 0) is 31.5 Å². The highest BCUT2D eigenvalue weighted by Crippen LogP contribution is 2.08. The van der Waals surface area contributed by atoms with Crippen LogP contribution < -0.4 is 10.6 Å². The average Bonchev–Trinajstić information content (AvgIpc) is 2.65. The first kappa shape index (κ1) is 20.9. The van der Waals surface area contributed by atoms with Crippen LogP contribution in [0.1, 0.15) is 18.1 Å². The molecule has 8 nitrogen and oxygen atoms in total. The molecule has 1 saturated heterocycles. The number of carboxylic acids is 1. The van der Waals surface area contributed by atoms with Gasteiger partial charge in [-0.15, -0.1) is 0 Å². The molecule has 2 rings (SSSR count). The van der Waals surface area contributed by atoms with E-state index in [-0.39, 0.29) is 24.4 Å². The van der Waals surface area contributed by atoms with Crippen LogP contribution in [0.5, 0.6) is 0 Å². The molecule has 0 bridgehead atoms. The van der Waals surface area contributed by atoms with E-state index in [9.17, 15) is 14.4 Å². The molecule has 1 aliphatic heterocycles. The number of ketones is 1. The lowest BCUT2D eigenvalue weighted by atomic mass is 10.0. The molecule has 1 fully saturated rings. The number of carbonyl (C=O) groups is 3. The van der Waals surface area contributed by atoms with E-state index in [1.807, 2.05) is 29.2 Å². The molecule has 1 aliphatic rings. The number of nitrogens with zero attached hydrogens (tertiary/aromatic N) is 2. The van der Waals surface area contributed by atoms with Crippen molar-refractivity contribution < 1.29 is 19.5 Å². The highest BCUT2D eigenvalue weighted by Gasteiger charge is 2.22. The van der Waals surface area contributed by atoms with Gasteiger partial charge in [-0.1, -0.05) is 24.3 Å². The van der Waals surface area contributed by atoms with Gasteiger partial charge in [0.05, 0.1) is 12.6 Å². The SMILES string of the molecule is CN[C@H](Cc1ccc(CNC(=O)N2CCN(CC(=O)O)CC2)cc1)C(C)=O. The first-order valence-electron chi connectivity index (χ1n) is 9.11. The molecule has 1 atom stereocenters. The minimum Gasteiger partial charge on any atom is -0.480 e. The molecule has 148 valence electrons. The summed E-state index contributed by atoms with van der Waals surface area (Å²) in [5.74, 6) is -0.738. The summed E-state index contributed by atoms with van der Waals surface area (Å²) in [7, 11) is 1.78. The zero-order chi connectivity index (χ0) is 19.8. The maximum absolute atomic E-state index is 12.3. The molecule has 1 aromatic rings. The highest BCUT2D eigenvalue weighted by atomic mass is 16.4. The lowest BCUT2D eigenvalue weighted by Crippen LogP contribution is -2.52. The Bertz CT molecular complexity index is 654. The van der Waals surface area contributed by atoms with Gasteiger partial charge < -0.3 is 20.6 Å². The van der Waals surface area contributed by atoms with E-state index < -0.39 is 5.97 Å². The van der Waals surface area contributed by atoms with Crippen LogP contribution in [0.25, 0.3) is 0 Å². The van der Waals surface area contributed by atoms with Crippen LogP contribution in [0.4, 0.5) is 4.79 Å². The van der Waals surface area contributed by atoms with Crippen LogP contribution in [-0.2, 0) is 22.6 Å². The molecule has 1 heterocycles. The van der Waals surface area contributed by atoms with Crippen LogP contribution in [0.2, 0.25) is 0 Å². The zero-order valence-corrected chi connectivity index (χ0v) is 15.9. The van der Waals surface area contributed by atoms with Crippen molar-refractivity contribution in [2.24, 2.45) is 0 Å². The number of Topliss-reactive ketones (excluding diaryl/α,β-unsaturated/α-hetero) is 1. The summed E-state index contributed by atoms with van der Waals surface area (Å²) in [5.41, 5.74) is 2.05. The number of hydrogen-bond acceptors (Lipinski definition) is 5. The smallest absolute Gasteiger partial charge is 0.317 e. The Morgan fingerprint density at radius 1 is 1.07 bits per heavy atom. The van der Waals surface area contributed by atoms with Gasteiger partial charge >= 0.3 is 12.0 Å². The number of benzene rings is 1. The number of piperazine rings is 1. The molecule has 1 aromatic carbocycles. The van der Waals surface area contributed by atoms with Crippen molar-refractivity contribution in [1.82, 2.24) is 20.4 Å². The van der Waals surface area contributed by atoms with E-state index in [1.54, 1.807) is 18.9 Å². The Morgan fingerprint density at radius 3 is 2.19 bits per heavy atom. The number of carboxylic acid groups (broad SMARTS) is 1. The number of rotatable bonds is 8. The maximum atomic E-state index is 12.3. The predicted octanol–water partition coefficient (Wildman–Crippen LogP) is 0.318. The number of urea groups is 1. The number of likely N-dealkylation sites (N-methyl/N-ethyl adjacent to an activating group) is 1. The van der Waals surface area contributed by atoms with Crippen molar-refractivity contribution in [3.63, 3.8) is 0 Å². The standard InChI is InChI=1S/C19H28N4O4/c1-14(24)17(20-2)11-15-3-5-16(6-4-15)12-21-19(27)23-9-7-22(8-10-23)13-18(25)26/h3-6,17,20H,7-13H2,1-2H3,(H,21,27)(H,25,26)/t17-/m1/s1. The lowest BCUT2D eigenvalue weighted by molar-refractivity contribution is -0.138. The van der Waals surface area contributed by atoms with Gasteiger partial charge in [-0.25, -0.2) is 4.79 Å². The van der Waals surface area contributed by atoms with Gasteiger partial charge in [0.1, 0.15) is 5.78 Å². The van der Waals surface area contributed by atoms with E-state index in [2.05, 4.69) is 10.6 Å². The second-order valence-corrected chi connectivity index (χ2v) is 6.79. The molecule has 0 radical (unpaired) electrons. The summed E-state index contributed by atoms with van der Waals surface area (Å²) in [4.78, 5) is 38.0. The molecular formula is C19H28N4O4. The Labute approximate surface area is 159 Å². The molecule has 0 saturated carbocycles. The maximum Gasteiger partial charge on any atom is 0.317 e. The van der Waals surface area contributed by atoms with Crippen molar-refractivity contribution in [1.29, 1.82) is 0 Å². The van der Waals surface area contributed by atoms with Gasteiger partial charge in [-0.3, -0.25) is 14.5 Å². The third kappa shape index (κ3) is 6.65. The van der Waals surface area contributed by atoms with Gasteiger partial charge in [0.2, 0.25) is 0 Å². The minimum atomic E-state index is -0.847. The third-order valence-electron chi connectivity index (χ3n) is 4.76. The number of nitrogens with one attached hydrogen (secondary N) is 2. The Hall–Kier alpha value is -2.45. The van der Waals surface area contributed by atoms with Crippen LogP contribution in [0.3, 0.4) is 0 Å². The molecule has 0 unspecified atom stereocenters. The monoisotopic (exact) mass is 376 g/mol. The van der Waals surface area contributed by atoms with Gasteiger partial charge in [0.15, 0.2) is 0 Å². The first-order chi connectivity index (χ1) is 12.9. The van der Waals surface area contributed by atoms with Crippen LogP contribution in [0, 0.1) is 0 Å². The quantitative estimate of drug-likeness (QED) is 0.604. The fourth-order valence-corrected chi connectivity index (χ4v) is 3.07. The van der Waals surface area contributed by atoms with Crippen molar-refractivity contribution in [2.75, 3.05) is 39.8 Å². The second kappa shape index (κ2) is 10.0. The lowest BCUT2D eigenvalue weighted by Gasteiger charge is -2.33. The summed E-state index contributed by atoms with van der Waals surface area (Å²) in [6.07, 6.45) is 0.638. The molecule has 3 N–H and O–H groups in total. The molecule has 0 spiro atoms. The van der Waals surface area contributed by atoms with Crippen molar-refractivity contribution in [3.8, 4) is 0 Å². The number of aliphatic carboxylic acids is 1. The summed E-state index contributed by atoms with van der Waals surface area (Å²) in [6, 6.07) is 7.52. The summed E-state index contributed by atoms with van der Waals surface area (Å²) in [5, 5.41) is 14.7. The van der Waals surface area contributed by atoms with Gasteiger partial charge in [-0.2, -0.15) is 0 Å². The van der Waals surface area contributed by atoms with Gasteiger partial charge in [0, 0.05) is 32.7 Å². The fourth-order valence-electron chi connectivity index (χ4n) is 3.07. The van der Waals surface area contributed by atoms with E-state index in [0.717, 1.165) is 11.1 Å². The average molecular weight is 376 g/mol. The molecule has 27 heavy (non-hydrogen) atoms. The third-order valence-corrected chi connectivity index (χ3v) is 4.76. The fraction of sp³-hybridized carbons (Fsp3) is 0.526. The molecule has 0 aromatic heterocycles. The van der Waals surface area contributed by atoms with Crippen molar-refractivity contribution in [3.05, 3.63) is 35.4 Å². The number of hydrogen-bond donors (Lipinski definition) is 3. The van der Waals surface area contributed by atoms with Crippen LogP contribution >= 0.6 is 0 Å². The Balaban J connectivity index is 1.77. The number of carbonyl (C=O) groups excluding carboxylic acids is 2. The largest absolute Gasteiger partial charge is 0.480 e. The summed E-state index contributed by atoms with van der Waals surface area (Å²) < 4.78 is 0. The molecule has 8 heteroatoms. The summed E-state index contributed by atoms with van der Waals surface area (Å²) >= 11 is 0. The minimum absolute atomic E-state index is 0.0137. The zero-order valence-electron chi connectivity index (χ0n) is 15.9. The number of amides is 2. The normalized spacial score (nSPS) is 16.0. The van der Waals surface area contributed by atoms with Gasteiger partial charge in [0.25, 0.3) is 0 Å².